The van der Waals surface area contributed by atoms with Gasteiger partial charge in [0.15, 0.2) is 12.2 Å². The van der Waals surface area contributed by atoms with Crippen LogP contribution in [0.5, 0.6) is 0 Å². The summed E-state index contributed by atoms with van der Waals surface area (Å²) in [6, 6.07) is 0. The minimum atomic E-state index is -4.96. The molecule has 0 rings (SSSR count). The van der Waals surface area contributed by atoms with Crippen molar-refractivity contribution >= 4 is 39.5 Å². The summed E-state index contributed by atoms with van der Waals surface area (Å²) in [4.78, 5) is 72.7. The van der Waals surface area contributed by atoms with Gasteiger partial charge in [-0.3, -0.25) is 37.3 Å². The molecule has 552 valence electrons. The van der Waals surface area contributed by atoms with Crippen LogP contribution in [0, 0.1) is 11.8 Å². The number of aliphatic hydroxyl groups is 1. The number of esters is 4. The van der Waals surface area contributed by atoms with Crippen LogP contribution in [0.2, 0.25) is 0 Å². The number of phosphoric acid groups is 2. The summed E-state index contributed by atoms with van der Waals surface area (Å²) in [5.74, 6) is -0.620. The van der Waals surface area contributed by atoms with Gasteiger partial charge in [-0.2, -0.15) is 0 Å². The molecule has 0 aliphatic heterocycles. The highest BCUT2D eigenvalue weighted by atomic mass is 31.2. The van der Waals surface area contributed by atoms with E-state index in [-0.39, 0.29) is 25.7 Å². The zero-order valence-electron chi connectivity index (χ0n) is 60.6. The van der Waals surface area contributed by atoms with Crippen molar-refractivity contribution in [3.63, 3.8) is 0 Å². The molecule has 0 aliphatic carbocycles. The molecule has 0 aromatic carbocycles. The van der Waals surface area contributed by atoms with E-state index in [9.17, 15) is 43.2 Å². The molecule has 93 heavy (non-hydrogen) atoms. The van der Waals surface area contributed by atoms with Gasteiger partial charge in [0.05, 0.1) is 26.4 Å². The number of hydrogen-bond acceptors (Lipinski definition) is 15. The number of hydrogen-bond donors (Lipinski definition) is 3. The molecule has 7 atom stereocenters. The van der Waals surface area contributed by atoms with E-state index in [0.29, 0.717) is 25.7 Å². The Balaban J connectivity index is 5.24. The third-order valence-corrected chi connectivity index (χ3v) is 19.8. The van der Waals surface area contributed by atoms with Crippen LogP contribution in [-0.4, -0.2) is 96.7 Å². The van der Waals surface area contributed by atoms with Gasteiger partial charge in [0.1, 0.15) is 19.3 Å². The van der Waals surface area contributed by atoms with Gasteiger partial charge >= 0.3 is 39.5 Å². The first-order valence-electron chi connectivity index (χ1n) is 38.6. The van der Waals surface area contributed by atoms with Crippen LogP contribution in [0.25, 0.3) is 0 Å². The van der Waals surface area contributed by atoms with E-state index in [0.717, 1.165) is 108 Å². The maximum atomic E-state index is 13.1. The second-order valence-corrected chi connectivity index (χ2v) is 30.1. The topological polar surface area (TPSA) is 237 Å². The molecule has 0 bridgehead atoms. The normalized spacial score (nSPS) is 14.6. The van der Waals surface area contributed by atoms with Gasteiger partial charge in [-0.25, -0.2) is 9.13 Å². The van der Waals surface area contributed by atoms with Crippen molar-refractivity contribution in [1.29, 1.82) is 0 Å². The molecule has 17 nitrogen and oxygen atoms in total. The number of rotatable bonds is 73. The quantitative estimate of drug-likeness (QED) is 0.0222. The molecule has 0 saturated carbocycles. The van der Waals surface area contributed by atoms with Crippen LogP contribution in [0.1, 0.15) is 382 Å². The monoisotopic (exact) mass is 1370 g/mol. The van der Waals surface area contributed by atoms with Gasteiger partial charge in [0.25, 0.3) is 0 Å². The van der Waals surface area contributed by atoms with Crippen molar-refractivity contribution in [2.45, 2.75) is 400 Å². The summed E-state index contributed by atoms with van der Waals surface area (Å²) >= 11 is 0. The van der Waals surface area contributed by atoms with Gasteiger partial charge in [-0.05, 0) is 37.5 Å². The van der Waals surface area contributed by atoms with Gasteiger partial charge in [0.2, 0.25) is 0 Å². The lowest BCUT2D eigenvalue weighted by Gasteiger charge is -2.21. The van der Waals surface area contributed by atoms with E-state index >= 15 is 0 Å². The van der Waals surface area contributed by atoms with Gasteiger partial charge in [-0.1, -0.05) is 330 Å². The summed E-state index contributed by atoms with van der Waals surface area (Å²) in [7, 11) is -9.91. The minimum Gasteiger partial charge on any atom is -0.462 e. The molecule has 0 aliphatic rings. The number of carbonyl (C=O) groups is 4. The molecule has 0 amide bonds. The first kappa shape index (κ1) is 91.1. The Morgan fingerprint density at radius 1 is 0.301 bits per heavy atom. The molecular weight excluding hydrogens is 1220 g/mol. The smallest absolute Gasteiger partial charge is 0.462 e. The van der Waals surface area contributed by atoms with E-state index < -0.39 is 97.5 Å². The standard InChI is InChI=1S/C74H144O17P2/c1-7-11-13-15-17-19-21-23-24-25-26-27-29-31-33-38-46-52-58-73(78)90-69(62-84-71(76)56-50-44-37-32-30-28-22-20-18-16-14-12-8-2)64-88-92(80,81)86-60-68(75)61-87-93(82,83)89-65-70(63-85-72(77)57-51-45-41-40-43-49-55-67(6)10-4)91-74(79)59-53-47-39-35-34-36-42-48-54-66(5)9-3/h66-70,75H,7-65H2,1-6H3,(H,80,81)(H,82,83)/t66?,67?,68-,69-,70-/m1/s1. The van der Waals surface area contributed by atoms with E-state index in [2.05, 4.69) is 41.5 Å². The number of carbonyl (C=O) groups excluding carboxylic acids is 4. The Kier molecular flexibility index (Phi) is 64.6. The highest BCUT2D eigenvalue weighted by Crippen LogP contribution is 2.45. The van der Waals surface area contributed by atoms with Crippen molar-refractivity contribution in [3.8, 4) is 0 Å². The average molecular weight is 1370 g/mol. The third-order valence-electron chi connectivity index (χ3n) is 17.9. The predicted molar refractivity (Wildman–Crippen MR) is 377 cm³/mol. The molecule has 0 aromatic heterocycles. The lowest BCUT2D eigenvalue weighted by Crippen LogP contribution is -2.30. The molecule has 19 heteroatoms. The summed E-state index contributed by atoms with van der Waals surface area (Å²) in [5.41, 5.74) is 0. The van der Waals surface area contributed by atoms with Crippen molar-refractivity contribution in [1.82, 2.24) is 0 Å². The van der Waals surface area contributed by atoms with E-state index in [1.807, 2.05) is 0 Å². The largest absolute Gasteiger partial charge is 0.472 e. The molecule has 3 N–H and O–H groups in total. The van der Waals surface area contributed by atoms with Crippen LogP contribution in [0.4, 0.5) is 0 Å². The Labute approximate surface area is 568 Å². The Morgan fingerprint density at radius 2 is 0.516 bits per heavy atom. The van der Waals surface area contributed by atoms with Crippen molar-refractivity contribution in [2.75, 3.05) is 39.6 Å². The SMILES string of the molecule is CCCCCCCCCCCCCCCCCCCCC(=O)O[C@H](COC(=O)CCCCCCCCCCCCCCC)COP(=O)(O)OC[C@@H](O)COP(=O)(O)OC[C@@H](COC(=O)CCCCCCCCC(C)CC)OC(=O)CCCCCCCCCCC(C)CC. The van der Waals surface area contributed by atoms with Crippen LogP contribution in [-0.2, 0) is 65.4 Å². The molecule has 0 radical (unpaired) electrons. The average Bonchev–Trinajstić information content (AvgIpc) is 3.28. The predicted octanol–water partition coefficient (Wildman–Crippen LogP) is 21.6. The zero-order chi connectivity index (χ0) is 68.6. The van der Waals surface area contributed by atoms with Crippen LogP contribution in [0.15, 0.2) is 0 Å². The fourth-order valence-corrected chi connectivity index (χ4v) is 12.8. The van der Waals surface area contributed by atoms with E-state index in [1.165, 1.54) is 193 Å². The molecule has 0 aromatic rings. The van der Waals surface area contributed by atoms with Crippen molar-refractivity contribution in [2.24, 2.45) is 11.8 Å². The maximum Gasteiger partial charge on any atom is 0.472 e. The molecule has 0 heterocycles. The number of unbranched alkanes of at least 4 members (excludes halogenated alkanes) is 41. The fraction of sp³-hybridized carbons (Fsp3) is 0.946. The maximum absolute atomic E-state index is 13.1. The zero-order valence-corrected chi connectivity index (χ0v) is 62.3. The van der Waals surface area contributed by atoms with Crippen LogP contribution in [0.3, 0.4) is 0 Å². The second kappa shape index (κ2) is 66.0. The Bertz CT molecular complexity index is 1810. The van der Waals surface area contributed by atoms with Crippen molar-refractivity contribution in [3.05, 3.63) is 0 Å². The highest BCUT2D eigenvalue weighted by molar-refractivity contribution is 7.47. The van der Waals surface area contributed by atoms with E-state index in [1.54, 1.807) is 0 Å². The molecule has 0 spiro atoms. The molecule has 4 unspecified atom stereocenters. The van der Waals surface area contributed by atoms with Gasteiger partial charge in [-0.15, -0.1) is 0 Å². The number of ether oxygens (including phenoxy) is 4. The number of aliphatic hydroxyl groups excluding tert-OH is 1. The number of phosphoric ester groups is 2. The van der Waals surface area contributed by atoms with E-state index in [4.69, 9.17) is 37.0 Å². The molecular formula is C74H144O17P2. The first-order valence-corrected chi connectivity index (χ1v) is 41.6. The minimum absolute atomic E-state index is 0.104. The van der Waals surface area contributed by atoms with Crippen LogP contribution < -0.4 is 0 Å². The molecule has 0 saturated heterocycles. The lowest BCUT2D eigenvalue weighted by atomic mass is 9.99. The second-order valence-electron chi connectivity index (χ2n) is 27.2. The molecule has 0 fully saturated rings. The lowest BCUT2D eigenvalue weighted by molar-refractivity contribution is -0.161. The van der Waals surface area contributed by atoms with Gasteiger partial charge < -0.3 is 33.8 Å². The highest BCUT2D eigenvalue weighted by Gasteiger charge is 2.30. The third kappa shape index (κ3) is 65.8. The first-order chi connectivity index (χ1) is 44.9. The summed E-state index contributed by atoms with van der Waals surface area (Å²) in [5, 5.41) is 10.6. The summed E-state index contributed by atoms with van der Waals surface area (Å²) < 4.78 is 68.4. The van der Waals surface area contributed by atoms with Crippen LogP contribution >= 0.6 is 15.6 Å². The van der Waals surface area contributed by atoms with Gasteiger partial charge in [0, 0.05) is 25.7 Å². The Morgan fingerprint density at radius 3 is 0.763 bits per heavy atom. The van der Waals surface area contributed by atoms with Crippen molar-refractivity contribution < 1.29 is 80.2 Å². The fourth-order valence-electron chi connectivity index (χ4n) is 11.2. The Hall–Kier alpha value is -1.94. The summed E-state index contributed by atoms with van der Waals surface area (Å²) in [6.45, 7) is 9.54. The summed E-state index contributed by atoms with van der Waals surface area (Å²) in [6.07, 6.45) is 52.7.